The molecule has 2 fully saturated rings. The molecular formula is C29H37BClF2N3S. The van der Waals surface area contributed by atoms with Gasteiger partial charge in [-0.05, 0) is 86.4 Å². The number of likely N-dealkylation sites (tertiary alicyclic amines) is 1. The van der Waals surface area contributed by atoms with Crippen LogP contribution < -0.4 is 4.31 Å². The van der Waals surface area contributed by atoms with E-state index in [1.807, 2.05) is 32.9 Å². The minimum Gasteiger partial charge on any atom is -0.318 e. The van der Waals surface area contributed by atoms with Crippen molar-refractivity contribution >= 4 is 46.1 Å². The molecule has 0 bridgehead atoms. The van der Waals surface area contributed by atoms with Crippen molar-refractivity contribution in [2.24, 2.45) is 0 Å². The third-order valence-corrected chi connectivity index (χ3v) is 9.79. The van der Waals surface area contributed by atoms with Crippen LogP contribution in [0.3, 0.4) is 0 Å². The van der Waals surface area contributed by atoms with Gasteiger partial charge in [0.15, 0.2) is 0 Å². The van der Waals surface area contributed by atoms with Crippen LogP contribution in [0.2, 0.25) is 17.7 Å². The summed E-state index contributed by atoms with van der Waals surface area (Å²) in [6.07, 6.45) is 4.68. The molecule has 1 atom stereocenters. The monoisotopic (exact) mass is 543 g/mol. The maximum atomic E-state index is 15.1. The molecule has 0 aliphatic carbocycles. The van der Waals surface area contributed by atoms with Crippen LogP contribution in [0.5, 0.6) is 0 Å². The largest absolute Gasteiger partial charge is 0.318 e. The molecule has 198 valence electrons. The van der Waals surface area contributed by atoms with Crippen molar-refractivity contribution in [3.63, 3.8) is 0 Å². The highest BCUT2D eigenvalue weighted by molar-refractivity contribution is 8.15. The van der Waals surface area contributed by atoms with Gasteiger partial charge in [-0.15, -0.1) is 0 Å². The summed E-state index contributed by atoms with van der Waals surface area (Å²) in [6.45, 7) is 12.5. The molecule has 4 rings (SSSR count). The minimum atomic E-state index is -0.475. The fourth-order valence-corrected chi connectivity index (χ4v) is 6.87. The SMILES string of the molecule is C=C(CC)c1ccc(CN(c2ccc(F)c(Cl)c2)S(=C)C2CCN(C3CB(C#N)C3)CC2)c(F)c1.CC. The molecule has 0 radical (unpaired) electrons. The predicted octanol–water partition coefficient (Wildman–Crippen LogP) is 8.09. The van der Waals surface area contributed by atoms with Gasteiger partial charge in [0.1, 0.15) is 11.6 Å². The number of anilines is 1. The highest BCUT2D eigenvalue weighted by atomic mass is 35.5. The zero-order valence-electron chi connectivity index (χ0n) is 22.2. The zero-order chi connectivity index (χ0) is 27.1. The molecule has 0 amide bonds. The molecule has 8 heteroatoms. The Bertz CT molecular complexity index is 1150. The van der Waals surface area contributed by atoms with Crippen LogP contribution in [0.1, 0.15) is 51.2 Å². The Balaban J connectivity index is 0.00000186. The topological polar surface area (TPSA) is 30.3 Å². The lowest BCUT2D eigenvalue weighted by Gasteiger charge is -2.44. The summed E-state index contributed by atoms with van der Waals surface area (Å²) in [6, 6.07) is 10.5. The molecule has 3 nitrogen and oxygen atoms in total. The average molecular weight is 544 g/mol. The van der Waals surface area contributed by atoms with Crippen molar-refractivity contribution in [1.29, 1.82) is 5.26 Å². The molecule has 1 unspecified atom stereocenters. The Kier molecular flexibility index (Phi) is 10.8. The number of piperidine rings is 1. The van der Waals surface area contributed by atoms with Crippen molar-refractivity contribution < 1.29 is 8.78 Å². The van der Waals surface area contributed by atoms with Gasteiger partial charge in [0.05, 0.1) is 11.6 Å². The van der Waals surface area contributed by atoms with E-state index in [2.05, 4.69) is 27.6 Å². The van der Waals surface area contributed by atoms with E-state index in [0.717, 1.165) is 61.8 Å². The van der Waals surface area contributed by atoms with Crippen LogP contribution in [0.25, 0.3) is 5.57 Å². The predicted molar refractivity (Wildman–Crippen MR) is 159 cm³/mol. The first-order chi connectivity index (χ1) is 17.8. The molecule has 0 saturated carbocycles. The standard InChI is InChI=1S/C27H31BClF2N3S.C2H6/c1-4-19(2)20-5-6-21(27(31)13-20)17-34(22-7-8-26(30)25(29)14-22)35(3)24-9-11-33(12-10-24)23-15-28(16-23)18-32;1-2/h5-8,13-14,23-24H,2-4,9-12,15-17H2,1H3;1-2H3. The number of allylic oxidation sites excluding steroid dienone is 1. The number of benzene rings is 2. The molecular weight excluding hydrogens is 507 g/mol. The number of nitriles is 1. The van der Waals surface area contributed by atoms with E-state index in [0.29, 0.717) is 23.4 Å². The molecule has 2 aliphatic rings. The fourth-order valence-electron chi connectivity index (χ4n) is 4.89. The van der Waals surface area contributed by atoms with Gasteiger partial charge in [-0.1, -0.05) is 67.6 Å². The van der Waals surface area contributed by atoms with E-state index in [9.17, 15) is 4.39 Å². The summed E-state index contributed by atoms with van der Waals surface area (Å²) in [7, 11) is -0.466. The van der Waals surface area contributed by atoms with Crippen molar-refractivity contribution in [3.05, 3.63) is 70.8 Å². The van der Waals surface area contributed by atoms with Gasteiger partial charge < -0.3 is 9.21 Å². The van der Waals surface area contributed by atoms with Crippen LogP contribution in [0.15, 0.2) is 43.0 Å². The van der Waals surface area contributed by atoms with Gasteiger partial charge in [0.2, 0.25) is 0 Å². The Morgan fingerprint density at radius 1 is 1.16 bits per heavy atom. The maximum Gasteiger partial charge on any atom is 0.270 e. The van der Waals surface area contributed by atoms with Gasteiger partial charge in [-0.3, -0.25) is 0 Å². The lowest BCUT2D eigenvalue weighted by atomic mass is 9.34. The van der Waals surface area contributed by atoms with Gasteiger partial charge >= 0.3 is 0 Å². The first kappa shape index (κ1) is 29.4. The molecule has 2 aromatic carbocycles. The van der Waals surface area contributed by atoms with Gasteiger partial charge in [-0.25, -0.2) is 14.0 Å². The maximum absolute atomic E-state index is 15.1. The van der Waals surface area contributed by atoms with Crippen LogP contribution in [0, 0.1) is 22.9 Å². The fraction of sp³-hybridized carbons (Fsp3) is 0.448. The van der Waals surface area contributed by atoms with E-state index in [4.69, 9.17) is 16.9 Å². The number of halogens is 3. The van der Waals surface area contributed by atoms with E-state index >= 15 is 4.39 Å². The third kappa shape index (κ3) is 7.04. The van der Waals surface area contributed by atoms with E-state index in [1.54, 1.807) is 18.2 Å². The van der Waals surface area contributed by atoms with Crippen LogP contribution in [-0.4, -0.2) is 41.9 Å². The Morgan fingerprint density at radius 3 is 2.41 bits per heavy atom. The summed E-state index contributed by atoms with van der Waals surface area (Å²) in [4.78, 5) is 2.50. The highest BCUT2D eigenvalue weighted by Crippen LogP contribution is 2.40. The van der Waals surface area contributed by atoms with Crippen molar-refractivity contribution in [2.45, 2.75) is 70.5 Å². The molecule has 2 aromatic rings. The molecule has 2 aliphatic heterocycles. The highest BCUT2D eigenvalue weighted by Gasteiger charge is 2.38. The Labute approximate surface area is 229 Å². The number of hydrogen-bond donors (Lipinski definition) is 0. The average Bonchev–Trinajstić information content (AvgIpc) is 2.90. The summed E-state index contributed by atoms with van der Waals surface area (Å²) in [5, 5.41) is 9.46. The van der Waals surface area contributed by atoms with E-state index in [-0.39, 0.29) is 17.6 Å². The first-order valence-corrected chi connectivity index (χ1v) is 15.0. The summed E-state index contributed by atoms with van der Waals surface area (Å²) < 4.78 is 31.1. The molecule has 2 saturated heterocycles. The van der Waals surface area contributed by atoms with Crippen LogP contribution in [0.4, 0.5) is 14.5 Å². The molecule has 37 heavy (non-hydrogen) atoms. The van der Waals surface area contributed by atoms with Gasteiger partial charge in [-0.2, -0.15) is 0 Å². The van der Waals surface area contributed by atoms with Crippen LogP contribution >= 0.6 is 22.3 Å². The second kappa shape index (κ2) is 13.6. The van der Waals surface area contributed by atoms with Crippen LogP contribution in [-0.2, 0) is 6.54 Å². The second-order valence-corrected chi connectivity index (χ2v) is 11.8. The van der Waals surface area contributed by atoms with Gasteiger partial charge in [0.25, 0.3) is 6.71 Å². The summed E-state index contributed by atoms with van der Waals surface area (Å²) >= 11 is 6.12. The first-order valence-electron chi connectivity index (χ1n) is 13.2. The van der Waals surface area contributed by atoms with Crippen molar-refractivity contribution in [1.82, 2.24) is 4.90 Å². The molecule has 0 N–H and O–H groups in total. The van der Waals surface area contributed by atoms with Crippen molar-refractivity contribution in [2.75, 3.05) is 17.4 Å². The van der Waals surface area contributed by atoms with E-state index < -0.39 is 16.5 Å². The summed E-state index contributed by atoms with van der Waals surface area (Å²) in [5.74, 6) is 6.14. The number of rotatable bonds is 8. The normalized spacial score (nSPS) is 17.3. The van der Waals surface area contributed by atoms with E-state index in [1.165, 1.54) is 6.07 Å². The van der Waals surface area contributed by atoms with Gasteiger partial charge in [0, 0.05) is 22.5 Å². The third-order valence-electron chi connectivity index (χ3n) is 7.35. The quantitative estimate of drug-likeness (QED) is 0.249. The molecule has 2 heterocycles. The number of hydrogen-bond acceptors (Lipinski definition) is 3. The lowest BCUT2D eigenvalue weighted by molar-refractivity contribution is 0.176. The summed E-state index contributed by atoms with van der Waals surface area (Å²) in [5.41, 5.74) is 3.01. The Hall–Kier alpha value is -2.14. The lowest BCUT2D eigenvalue weighted by Crippen LogP contribution is -2.51. The molecule has 0 spiro atoms. The second-order valence-electron chi connectivity index (χ2n) is 9.49. The Morgan fingerprint density at radius 2 is 1.84 bits per heavy atom. The minimum absolute atomic E-state index is 0.0476. The molecule has 0 aromatic heterocycles. The van der Waals surface area contributed by atoms with Crippen molar-refractivity contribution in [3.8, 4) is 5.97 Å². The smallest absolute Gasteiger partial charge is 0.270 e. The number of nitrogens with zero attached hydrogens (tertiary/aromatic N) is 3. The zero-order valence-corrected chi connectivity index (χ0v) is 23.7.